The number of carbonyl (C=O) groups excluding carboxylic acids is 2. The van der Waals surface area contributed by atoms with E-state index in [1.165, 1.54) is 122 Å². The second kappa shape index (κ2) is 40.6. The van der Waals surface area contributed by atoms with Crippen molar-refractivity contribution in [2.45, 2.75) is 245 Å². The molecule has 0 radical (unpaired) electrons. The average molecular weight is 736 g/mol. The molecule has 0 aromatic rings. The summed E-state index contributed by atoms with van der Waals surface area (Å²) in [5, 5.41) is 9.67. The van der Waals surface area contributed by atoms with Gasteiger partial charge in [-0.15, -0.1) is 0 Å². The average Bonchev–Trinajstić information content (AvgIpc) is 3.13. The van der Waals surface area contributed by atoms with Crippen LogP contribution in [0.1, 0.15) is 239 Å². The summed E-state index contributed by atoms with van der Waals surface area (Å²) in [6.45, 7) is 14.0. The van der Waals surface area contributed by atoms with Gasteiger partial charge in [-0.05, 0) is 70.9 Å². The van der Waals surface area contributed by atoms with Crippen LogP contribution in [0.25, 0.3) is 0 Å². The summed E-state index contributed by atoms with van der Waals surface area (Å²) in [5.74, 6) is 0.237. The fourth-order valence-electron chi connectivity index (χ4n) is 7.02. The van der Waals surface area contributed by atoms with Crippen LogP contribution in [0.2, 0.25) is 0 Å². The molecule has 0 saturated carbocycles. The molecule has 0 fully saturated rings. The van der Waals surface area contributed by atoms with E-state index in [-0.39, 0.29) is 23.8 Å². The third-order valence-corrected chi connectivity index (χ3v) is 10.5. The molecule has 0 atom stereocenters. The van der Waals surface area contributed by atoms with Crippen molar-refractivity contribution < 1.29 is 24.2 Å². The van der Waals surface area contributed by atoms with Gasteiger partial charge in [0, 0.05) is 25.8 Å². The molecule has 0 heterocycles. The first-order valence-electron chi connectivity index (χ1n) is 22.9. The van der Waals surface area contributed by atoms with E-state index in [4.69, 9.17) is 9.47 Å². The van der Waals surface area contributed by atoms with E-state index in [0.717, 1.165) is 96.7 Å². The molecular weight excluding hydrogens is 647 g/mol. The predicted molar refractivity (Wildman–Crippen MR) is 223 cm³/mol. The van der Waals surface area contributed by atoms with Gasteiger partial charge in [0.15, 0.2) is 0 Å². The standard InChI is InChI=1S/C46H89NO5/c1-5-8-11-14-17-26-33-42-51-45(49)36-29-22-18-24-31-39-47(41-38-43(4)48)40-32-25-19-23-30-37-46(50)52-44(34-27-20-15-12-9-6-2)35-28-21-16-13-10-7-3/h44,48H,4-42H2,1-3H3. The zero-order valence-corrected chi connectivity index (χ0v) is 35.2. The molecule has 0 unspecified atom stereocenters. The lowest BCUT2D eigenvalue weighted by Gasteiger charge is -2.22. The Morgan fingerprint density at radius 1 is 0.481 bits per heavy atom. The molecular formula is C46H89NO5. The maximum Gasteiger partial charge on any atom is 0.306 e. The third kappa shape index (κ3) is 38.2. The van der Waals surface area contributed by atoms with Gasteiger partial charge in [-0.3, -0.25) is 9.59 Å². The van der Waals surface area contributed by atoms with Crippen LogP contribution in [0.5, 0.6) is 0 Å². The molecule has 0 aliphatic heterocycles. The molecule has 0 amide bonds. The van der Waals surface area contributed by atoms with Gasteiger partial charge in [0.1, 0.15) is 6.10 Å². The summed E-state index contributed by atoms with van der Waals surface area (Å²) in [6, 6.07) is 0. The zero-order chi connectivity index (χ0) is 38.2. The van der Waals surface area contributed by atoms with Crippen molar-refractivity contribution in [3.8, 4) is 0 Å². The van der Waals surface area contributed by atoms with Gasteiger partial charge < -0.3 is 19.5 Å². The Kier molecular flexibility index (Phi) is 39.4. The lowest BCUT2D eigenvalue weighted by atomic mass is 10.0. The molecule has 308 valence electrons. The monoisotopic (exact) mass is 736 g/mol. The van der Waals surface area contributed by atoms with Gasteiger partial charge in [0.2, 0.25) is 0 Å². The van der Waals surface area contributed by atoms with Gasteiger partial charge in [0.25, 0.3) is 0 Å². The van der Waals surface area contributed by atoms with Crippen LogP contribution in [-0.4, -0.2) is 54.3 Å². The van der Waals surface area contributed by atoms with E-state index in [1.54, 1.807) is 0 Å². The van der Waals surface area contributed by atoms with Crippen molar-refractivity contribution >= 4 is 11.9 Å². The Bertz CT molecular complexity index is 771. The lowest BCUT2D eigenvalue weighted by molar-refractivity contribution is -0.150. The maximum absolute atomic E-state index is 12.7. The number of aliphatic hydroxyl groups is 1. The Morgan fingerprint density at radius 2 is 0.865 bits per heavy atom. The number of hydrogen-bond donors (Lipinski definition) is 1. The highest BCUT2D eigenvalue weighted by Crippen LogP contribution is 2.19. The summed E-state index contributed by atoms with van der Waals surface area (Å²) in [7, 11) is 0. The molecule has 0 aromatic heterocycles. The minimum absolute atomic E-state index is 0.0103. The molecule has 0 aliphatic carbocycles. The van der Waals surface area contributed by atoms with E-state index in [9.17, 15) is 14.7 Å². The molecule has 52 heavy (non-hydrogen) atoms. The van der Waals surface area contributed by atoms with Crippen LogP contribution >= 0.6 is 0 Å². The Labute approximate surface area is 324 Å². The van der Waals surface area contributed by atoms with Crippen LogP contribution < -0.4 is 0 Å². The lowest BCUT2D eigenvalue weighted by Crippen LogP contribution is -2.27. The van der Waals surface area contributed by atoms with Crippen LogP contribution in [0, 0.1) is 0 Å². The van der Waals surface area contributed by atoms with Crippen molar-refractivity contribution in [2.24, 2.45) is 0 Å². The molecule has 0 spiro atoms. The Hall–Kier alpha value is -1.56. The summed E-state index contributed by atoms with van der Waals surface area (Å²) in [5.41, 5.74) is 0. The molecule has 0 aliphatic rings. The normalized spacial score (nSPS) is 11.5. The van der Waals surface area contributed by atoms with Crippen LogP contribution in [0.15, 0.2) is 12.3 Å². The number of hydrogen-bond acceptors (Lipinski definition) is 6. The predicted octanol–water partition coefficient (Wildman–Crippen LogP) is 14.1. The van der Waals surface area contributed by atoms with Crippen molar-refractivity contribution in [3.63, 3.8) is 0 Å². The molecule has 0 bridgehead atoms. The van der Waals surface area contributed by atoms with Gasteiger partial charge >= 0.3 is 11.9 Å². The van der Waals surface area contributed by atoms with E-state index >= 15 is 0 Å². The summed E-state index contributed by atoms with van der Waals surface area (Å²) >= 11 is 0. The summed E-state index contributed by atoms with van der Waals surface area (Å²) in [6.07, 6.45) is 38.8. The number of rotatable bonds is 42. The Morgan fingerprint density at radius 3 is 1.33 bits per heavy atom. The molecule has 0 aromatic carbocycles. The molecule has 1 N–H and O–H groups in total. The first-order valence-corrected chi connectivity index (χ1v) is 22.9. The van der Waals surface area contributed by atoms with Gasteiger partial charge in [-0.25, -0.2) is 0 Å². The SMILES string of the molecule is C=C(O)CCN(CCCCCCCC(=O)OCCCCCCCCC)CCCCCCCC(=O)OC(CCCCCCCC)CCCCCCCC. The highest BCUT2D eigenvalue weighted by molar-refractivity contribution is 5.69. The summed E-state index contributed by atoms with van der Waals surface area (Å²) in [4.78, 5) is 27.2. The molecule has 0 saturated heterocycles. The van der Waals surface area contributed by atoms with Crippen molar-refractivity contribution in [1.29, 1.82) is 0 Å². The first-order chi connectivity index (χ1) is 25.4. The van der Waals surface area contributed by atoms with Crippen LogP contribution in [0.3, 0.4) is 0 Å². The number of unbranched alkanes of at least 4 members (excludes halogenated alkanes) is 24. The van der Waals surface area contributed by atoms with Crippen molar-refractivity contribution in [1.82, 2.24) is 4.90 Å². The second-order valence-corrected chi connectivity index (χ2v) is 15.8. The summed E-state index contributed by atoms with van der Waals surface area (Å²) < 4.78 is 11.5. The van der Waals surface area contributed by atoms with Crippen LogP contribution in [0.4, 0.5) is 0 Å². The smallest absolute Gasteiger partial charge is 0.306 e. The maximum atomic E-state index is 12.7. The zero-order valence-electron chi connectivity index (χ0n) is 35.2. The third-order valence-electron chi connectivity index (χ3n) is 10.5. The number of aliphatic hydroxyl groups excluding tert-OH is 1. The highest BCUT2D eigenvalue weighted by Gasteiger charge is 2.14. The fraction of sp³-hybridized carbons (Fsp3) is 0.913. The first kappa shape index (κ1) is 50.4. The van der Waals surface area contributed by atoms with Crippen molar-refractivity contribution in [2.75, 3.05) is 26.2 Å². The Balaban J connectivity index is 4.11. The molecule has 0 rings (SSSR count). The number of carbonyl (C=O) groups is 2. The van der Waals surface area contributed by atoms with Crippen LogP contribution in [-0.2, 0) is 19.1 Å². The van der Waals surface area contributed by atoms with Gasteiger partial charge in [-0.2, -0.15) is 0 Å². The minimum atomic E-state index is -0.0347. The molecule has 6 nitrogen and oxygen atoms in total. The largest absolute Gasteiger partial charge is 0.513 e. The quantitative estimate of drug-likeness (QED) is 0.0382. The molecule has 6 heteroatoms. The van der Waals surface area contributed by atoms with E-state index in [2.05, 4.69) is 32.3 Å². The fourth-order valence-corrected chi connectivity index (χ4v) is 7.02. The number of esters is 2. The minimum Gasteiger partial charge on any atom is -0.513 e. The van der Waals surface area contributed by atoms with Crippen molar-refractivity contribution in [3.05, 3.63) is 12.3 Å². The van der Waals surface area contributed by atoms with E-state index < -0.39 is 0 Å². The number of ether oxygens (including phenoxy) is 2. The van der Waals surface area contributed by atoms with Gasteiger partial charge in [0.05, 0.1) is 12.4 Å². The van der Waals surface area contributed by atoms with E-state index in [0.29, 0.717) is 25.9 Å². The van der Waals surface area contributed by atoms with Gasteiger partial charge in [-0.1, -0.05) is 169 Å². The second-order valence-electron chi connectivity index (χ2n) is 15.8. The number of nitrogens with zero attached hydrogens (tertiary/aromatic N) is 1. The highest BCUT2D eigenvalue weighted by atomic mass is 16.5. The van der Waals surface area contributed by atoms with E-state index in [1.807, 2.05) is 0 Å². The topological polar surface area (TPSA) is 76.1 Å².